The van der Waals surface area contributed by atoms with E-state index in [1.165, 1.54) is 0 Å². The van der Waals surface area contributed by atoms with Gasteiger partial charge in [-0.1, -0.05) is 84.9 Å². The van der Waals surface area contributed by atoms with Gasteiger partial charge in [-0.3, -0.25) is 4.90 Å². The van der Waals surface area contributed by atoms with Crippen LogP contribution in [0.3, 0.4) is 0 Å². The molecule has 0 bridgehead atoms. The first-order chi connectivity index (χ1) is 21.3. The molecule has 8 heteroatoms. The average molecular weight is 621 g/mol. The number of para-hydroxylation sites is 4. The van der Waals surface area contributed by atoms with E-state index in [-0.39, 0.29) is 0 Å². The molecule has 0 N–H and O–H groups in total. The predicted molar refractivity (Wildman–Crippen MR) is 174 cm³/mol. The summed E-state index contributed by atoms with van der Waals surface area (Å²) in [5.74, 6) is 1.75. The van der Waals surface area contributed by atoms with Crippen LogP contribution in [0.1, 0.15) is 0 Å². The van der Waals surface area contributed by atoms with E-state index in [0.29, 0.717) is 23.2 Å². The summed E-state index contributed by atoms with van der Waals surface area (Å²) in [5.41, 5.74) is 7.32. The molecule has 0 amide bonds. The number of halogens is 1. The number of fused-ring (bicyclic) bond motifs is 3. The van der Waals surface area contributed by atoms with Crippen molar-refractivity contribution in [2.75, 3.05) is 9.80 Å². The van der Waals surface area contributed by atoms with Crippen LogP contribution in [0.4, 0.5) is 34.4 Å². The standard InChI is InChI=1S/C35H22BrN7/c36-25-19-21-37-34-31(25)30(20-22-38-34)42-26-15-7-9-17-28(26)43(29-18-10-8-16-27(29)42)35-40-32(23-11-3-1-4-12-23)39-33(41-35)24-13-5-2-6-14-24/h1-22H. The van der Waals surface area contributed by atoms with E-state index in [1.54, 1.807) is 12.4 Å². The maximum Gasteiger partial charge on any atom is 0.238 e. The Bertz CT molecular complexity index is 2010. The zero-order valence-corrected chi connectivity index (χ0v) is 24.3. The van der Waals surface area contributed by atoms with Gasteiger partial charge in [0, 0.05) is 28.0 Å². The third kappa shape index (κ3) is 4.31. The monoisotopic (exact) mass is 619 g/mol. The topological polar surface area (TPSA) is 70.9 Å². The molecule has 43 heavy (non-hydrogen) atoms. The van der Waals surface area contributed by atoms with Crippen LogP contribution in [0.25, 0.3) is 33.8 Å². The fourth-order valence-electron chi connectivity index (χ4n) is 5.53. The Morgan fingerprint density at radius 1 is 0.442 bits per heavy atom. The molecule has 4 aromatic carbocycles. The lowest BCUT2D eigenvalue weighted by Crippen LogP contribution is -2.25. The Morgan fingerprint density at radius 2 is 0.907 bits per heavy atom. The van der Waals surface area contributed by atoms with Crippen LogP contribution in [0, 0.1) is 0 Å². The molecule has 0 spiro atoms. The molecule has 7 aromatic rings. The van der Waals surface area contributed by atoms with Gasteiger partial charge in [-0.15, -0.1) is 0 Å². The summed E-state index contributed by atoms with van der Waals surface area (Å²) in [6.45, 7) is 0. The van der Waals surface area contributed by atoms with Crippen molar-refractivity contribution in [1.82, 2.24) is 24.9 Å². The van der Waals surface area contributed by atoms with Crippen molar-refractivity contribution in [3.63, 3.8) is 0 Å². The zero-order valence-electron chi connectivity index (χ0n) is 22.7. The van der Waals surface area contributed by atoms with Crippen LogP contribution in [0.5, 0.6) is 0 Å². The van der Waals surface area contributed by atoms with Crippen LogP contribution in [0.15, 0.2) is 138 Å². The molecule has 7 nitrogen and oxygen atoms in total. The smallest absolute Gasteiger partial charge is 0.238 e. The fourth-order valence-corrected chi connectivity index (χ4v) is 6.03. The summed E-state index contributed by atoms with van der Waals surface area (Å²) in [7, 11) is 0. The van der Waals surface area contributed by atoms with Gasteiger partial charge in [0.1, 0.15) is 0 Å². The molecule has 0 fully saturated rings. The Balaban J connectivity index is 1.39. The zero-order chi connectivity index (χ0) is 28.8. The van der Waals surface area contributed by atoms with Gasteiger partial charge in [0.05, 0.1) is 33.8 Å². The first-order valence-electron chi connectivity index (χ1n) is 13.8. The van der Waals surface area contributed by atoms with Gasteiger partial charge in [-0.2, -0.15) is 9.97 Å². The fraction of sp³-hybridized carbons (Fsp3) is 0. The van der Waals surface area contributed by atoms with Crippen LogP contribution in [0.2, 0.25) is 0 Å². The van der Waals surface area contributed by atoms with Crippen LogP contribution in [-0.2, 0) is 0 Å². The maximum atomic E-state index is 5.07. The van der Waals surface area contributed by atoms with Crippen molar-refractivity contribution >= 4 is 61.3 Å². The van der Waals surface area contributed by atoms with E-state index in [4.69, 9.17) is 15.0 Å². The van der Waals surface area contributed by atoms with E-state index < -0.39 is 0 Å². The molecule has 204 valence electrons. The molecule has 0 atom stereocenters. The third-order valence-electron chi connectivity index (χ3n) is 7.42. The summed E-state index contributed by atoms with van der Waals surface area (Å²) in [5, 5.41) is 0.931. The molecule has 0 aliphatic carbocycles. The van der Waals surface area contributed by atoms with Crippen molar-refractivity contribution in [3.8, 4) is 22.8 Å². The summed E-state index contributed by atoms with van der Waals surface area (Å²) in [6.07, 6.45) is 3.57. The maximum absolute atomic E-state index is 5.07. The largest absolute Gasteiger partial charge is 0.305 e. The minimum atomic E-state index is 0.537. The number of pyridine rings is 2. The summed E-state index contributed by atoms with van der Waals surface area (Å²) < 4.78 is 0.926. The lowest BCUT2D eigenvalue weighted by molar-refractivity contribution is 1.01. The quantitative estimate of drug-likeness (QED) is 0.194. The van der Waals surface area contributed by atoms with E-state index >= 15 is 0 Å². The van der Waals surface area contributed by atoms with Gasteiger partial charge >= 0.3 is 0 Å². The Kier molecular flexibility index (Phi) is 6.12. The Labute approximate surface area is 256 Å². The van der Waals surface area contributed by atoms with Crippen molar-refractivity contribution in [2.45, 2.75) is 0 Å². The van der Waals surface area contributed by atoms with E-state index in [1.807, 2.05) is 97.1 Å². The molecule has 0 unspecified atom stereocenters. The first-order valence-corrected chi connectivity index (χ1v) is 14.6. The predicted octanol–water partition coefficient (Wildman–Crippen LogP) is 9.16. The van der Waals surface area contributed by atoms with Gasteiger partial charge in [-0.25, -0.2) is 15.0 Å². The lowest BCUT2D eigenvalue weighted by atomic mass is 10.1. The number of anilines is 6. The third-order valence-corrected chi connectivity index (χ3v) is 8.08. The summed E-state index contributed by atoms with van der Waals surface area (Å²) in [6, 6.07) is 40.6. The van der Waals surface area contributed by atoms with Gasteiger partial charge in [0.25, 0.3) is 0 Å². The minimum Gasteiger partial charge on any atom is -0.305 e. The molecule has 0 saturated carbocycles. The van der Waals surface area contributed by atoms with Gasteiger partial charge < -0.3 is 4.90 Å². The minimum absolute atomic E-state index is 0.537. The number of hydrogen-bond donors (Lipinski definition) is 0. The number of nitrogens with zero attached hydrogens (tertiary/aromatic N) is 7. The second-order valence-corrected chi connectivity index (χ2v) is 10.8. The highest BCUT2D eigenvalue weighted by atomic mass is 79.9. The molecule has 1 aliphatic heterocycles. The SMILES string of the molecule is Brc1ccnc2nccc(N3c4ccccc4N(c4nc(-c5ccccc5)nc(-c5ccccc5)n4)c4ccccc43)c12. The van der Waals surface area contributed by atoms with Gasteiger partial charge in [0.15, 0.2) is 17.3 Å². The highest BCUT2D eigenvalue weighted by molar-refractivity contribution is 9.10. The van der Waals surface area contributed by atoms with E-state index in [0.717, 1.165) is 49.4 Å². The van der Waals surface area contributed by atoms with Crippen molar-refractivity contribution < 1.29 is 0 Å². The Morgan fingerprint density at radius 3 is 1.44 bits per heavy atom. The molecule has 4 heterocycles. The highest BCUT2D eigenvalue weighted by Gasteiger charge is 2.33. The molecule has 1 aliphatic rings. The summed E-state index contributed by atoms with van der Waals surface area (Å²) >= 11 is 3.76. The lowest BCUT2D eigenvalue weighted by Gasteiger charge is -2.39. The van der Waals surface area contributed by atoms with E-state index in [2.05, 4.69) is 60.0 Å². The van der Waals surface area contributed by atoms with Crippen molar-refractivity contribution in [3.05, 3.63) is 138 Å². The van der Waals surface area contributed by atoms with Gasteiger partial charge in [-0.05, 0) is 52.3 Å². The number of hydrogen-bond acceptors (Lipinski definition) is 7. The number of rotatable bonds is 4. The Hall–Kier alpha value is -5.47. The highest BCUT2D eigenvalue weighted by Crippen LogP contribution is 2.54. The van der Waals surface area contributed by atoms with Crippen LogP contribution in [-0.4, -0.2) is 24.9 Å². The number of aromatic nitrogens is 5. The second kappa shape index (κ2) is 10.4. The van der Waals surface area contributed by atoms with Gasteiger partial charge in [0.2, 0.25) is 5.95 Å². The van der Waals surface area contributed by atoms with Crippen LogP contribution < -0.4 is 9.80 Å². The molecular formula is C35H22BrN7. The normalized spacial score (nSPS) is 12.2. The molecule has 3 aromatic heterocycles. The molecule has 0 saturated heterocycles. The molecule has 0 radical (unpaired) electrons. The molecular weight excluding hydrogens is 598 g/mol. The van der Waals surface area contributed by atoms with Crippen molar-refractivity contribution in [1.29, 1.82) is 0 Å². The number of benzene rings is 4. The van der Waals surface area contributed by atoms with E-state index in [9.17, 15) is 0 Å². The summed E-state index contributed by atoms with van der Waals surface area (Å²) in [4.78, 5) is 28.5. The average Bonchev–Trinajstić information content (AvgIpc) is 3.07. The first kappa shape index (κ1) is 25.3. The van der Waals surface area contributed by atoms with Crippen molar-refractivity contribution in [2.24, 2.45) is 0 Å². The van der Waals surface area contributed by atoms with Crippen LogP contribution >= 0.6 is 15.9 Å². The molecule has 8 rings (SSSR count). The second-order valence-electron chi connectivity index (χ2n) is 9.98.